The molecule has 1 aliphatic rings. The molecule has 1 aliphatic carbocycles. The van der Waals surface area contributed by atoms with Crippen molar-refractivity contribution in [2.75, 3.05) is 0 Å². The Balaban J connectivity index is 1.53. The van der Waals surface area contributed by atoms with Gasteiger partial charge in [-0.05, 0) is 37.7 Å². The molecular formula is C21H25N5O2. The molecular weight excluding hydrogens is 354 g/mol. The first-order valence-corrected chi connectivity index (χ1v) is 9.88. The minimum absolute atomic E-state index is 0.142. The van der Waals surface area contributed by atoms with Crippen LogP contribution in [-0.2, 0) is 19.4 Å². The Labute approximate surface area is 163 Å². The van der Waals surface area contributed by atoms with E-state index in [0.29, 0.717) is 30.0 Å². The van der Waals surface area contributed by atoms with Gasteiger partial charge in [-0.15, -0.1) is 0 Å². The average Bonchev–Trinajstić information content (AvgIpc) is 3.12. The minimum atomic E-state index is -0.202. The van der Waals surface area contributed by atoms with E-state index in [1.54, 1.807) is 12.3 Å². The van der Waals surface area contributed by atoms with Crippen LogP contribution in [-0.4, -0.2) is 31.9 Å². The molecule has 1 amide bonds. The molecule has 2 heterocycles. The lowest BCUT2D eigenvalue weighted by Crippen LogP contribution is -2.41. The number of rotatable bonds is 5. The summed E-state index contributed by atoms with van der Waals surface area (Å²) in [5, 5.41) is 16.0. The maximum Gasteiger partial charge on any atom is 0.274 e. The largest absolute Gasteiger partial charge is 0.346 e. The van der Waals surface area contributed by atoms with E-state index in [4.69, 9.17) is 0 Å². The van der Waals surface area contributed by atoms with Crippen molar-refractivity contribution in [1.82, 2.24) is 25.3 Å². The van der Waals surface area contributed by atoms with E-state index in [1.807, 2.05) is 25.1 Å². The summed E-state index contributed by atoms with van der Waals surface area (Å²) in [6.07, 6.45) is 5.30. The van der Waals surface area contributed by atoms with Gasteiger partial charge in [-0.2, -0.15) is 10.2 Å². The maximum atomic E-state index is 12.8. The Morgan fingerprint density at radius 3 is 3.04 bits per heavy atom. The molecule has 0 aliphatic heterocycles. The van der Waals surface area contributed by atoms with Crippen LogP contribution in [0.15, 0.2) is 35.3 Å². The van der Waals surface area contributed by atoms with Crippen LogP contribution in [0, 0.1) is 5.92 Å². The normalized spacial score (nSPS) is 17.3. The molecule has 1 aromatic carbocycles. The van der Waals surface area contributed by atoms with E-state index in [-0.39, 0.29) is 17.5 Å². The topological polar surface area (TPSA) is 92.7 Å². The molecule has 7 heteroatoms. The van der Waals surface area contributed by atoms with Gasteiger partial charge in [0.2, 0.25) is 0 Å². The lowest BCUT2D eigenvalue weighted by molar-refractivity contribution is 0.0924. The van der Waals surface area contributed by atoms with Crippen LogP contribution >= 0.6 is 0 Å². The zero-order chi connectivity index (χ0) is 19.7. The van der Waals surface area contributed by atoms with E-state index >= 15 is 0 Å². The van der Waals surface area contributed by atoms with Crippen LogP contribution in [0.2, 0.25) is 0 Å². The third-order valence-electron chi connectivity index (χ3n) is 5.59. The summed E-state index contributed by atoms with van der Waals surface area (Å²) in [6.45, 7) is 4.51. The zero-order valence-electron chi connectivity index (χ0n) is 16.2. The SMILES string of the molecule is CC[C@@H](Cn1ncc2ccccc2c1=O)NC(=O)c1n[nH]c2c1CC(C)CC2. The molecule has 0 saturated carbocycles. The summed E-state index contributed by atoms with van der Waals surface area (Å²) in [6, 6.07) is 7.19. The first-order valence-electron chi connectivity index (χ1n) is 9.88. The molecule has 146 valence electrons. The van der Waals surface area contributed by atoms with Gasteiger partial charge < -0.3 is 5.32 Å². The van der Waals surface area contributed by atoms with Crippen LogP contribution in [0.3, 0.4) is 0 Å². The Morgan fingerprint density at radius 1 is 1.39 bits per heavy atom. The minimum Gasteiger partial charge on any atom is -0.346 e. The molecule has 7 nitrogen and oxygen atoms in total. The smallest absolute Gasteiger partial charge is 0.274 e. The second-order valence-corrected chi connectivity index (χ2v) is 7.68. The van der Waals surface area contributed by atoms with Crippen molar-refractivity contribution in [2.45, 2.75) is 52.1 Å². The molecule has 1 unspecified atom stereocenters. The van der Waals surface area contributed by atoms with Crippen molar-refractivity contribution in [2.24, 2.45) is 5.92 Å². The molecule has 3 aromatic rings. The predicted molar refractivity (Wildman–Crippen MR) is 107 cm³/mol. The predicted octanol–water partition coefficient (Wildman–Crippen LogP) is 2.45. The molecule has 2 N–H and O–H groups in total. The van der Waals surface area contributed by atoms with Crippen molar-refractivity contribution in [3.63, 3.8) is 0 Å². The van der Waals surface area contributed by atoms with Gasteiger partial charge in [-0.3, -0.25) is 14.7 Å². The molecule has 0 bridgehead atoms. The van der Waals surface area contributed by atoms with Crippen molar-refractivity contribution < 1.29 is 4.79 Å². The number of hydrogen-bond donors (Lipinski definition) is 2. The number of carbonyl (C=O) groups is 1. The summed E-state index contributed by atoms with van der Waals surface area (Å²) in [5.74, 6) is 0.367. The second kappa shape index (κ2) is 7.58. The average molecular weight is 379 g/mol. The highest BCUT2D eigenvalue weighted by atomic mass is 16.2. The number of aromatic amines is 1. The Hall–Kier alpha value is -2.96. The summed E-state index contributed by atoms with van der Waals surface area (Å²) in [5.41, 5.74) is 2.45. The van der Waals surface area contributed by atoms with Crippen LogP contribution in [0.1, 0.15) is 48.4 Å². The fraction of sp³-hybridized carbons (Fsp3) is 0.429. The molecule has 2 atom stereocenters. The first-order chi connectivity index (χ1) is 13.6. The summed E-state index contributed by atoms with van der Waals surface area (Å²) in [4.78, 5) is 25.5. The highest BCUT2D eigenvalue weighted by molar-refractivity contribution is 5.94. The van der Waals surface area contributed by atoms with Gasteiger partial charge in [0.1, 0.15) is 0 Å². The van der Waals surface area contributed by atoms with Gasteiger partial charge in [0.25, 0.3) is 11.5 Å². The highest BCUT2D eigenvalue weighted by Gasteiger charge is 2.26. The maximum absolute atomic E-state index is 12.8. The number of nitrogens with zero attached hydrogens (tertiary/aromatic N) is 3. The fourth-order valence-corrected chi connectivity index (χ4v) is 3.85. The Morgan fingerprint density at radius 2 is 2.21 bits per heavy atom. The standard InChI is InChI=1S/C21H25N5O2/c1-3-15(12-26-21(28)16-7-5-4-6-14(16)11-22-26)23-20(27)19-17-10-13(2)8-9-18(17)24-25-19/h4-7,11,13,15H,3,8-10,12H2,1-2H3,(H,23,27)(H,24,25)/t13?,15-/m0/s1. The van der Waals surface area contributed by atoms with Gasteiger partial charge in [0.15, 0.2) is 5.69 Å². The highest BCUT2D eigenvalue weighted by Crippen LogP contribution is 2.26. The molecule has 0 fully saturated rings. The summed E-state index contributed by atoms with van der Waals surface area (Å²) >= 11 is 0. The van der Waals surface area contributed by atoms with Crippen molar-refractivity contribution >= 4 is 16.7 Å². The van der Waals surface area contributed by atoms with Gasteiger partial charge in [-0.1, -0.05) is 32.0 Å². The second-order valence-electron chi connectivity index (χ2n) is 7.68. The third-order valence-corrected chi connectivity index (χ3v) is 5.59. The number of aromatic nitrogens is 4. The molecule has 28 heavy (non-hydrogen) atoms. The van der Waals surface area contributed by atoms with Gasteiger partial charge >= 0.3 is 0 Å². The monoisotopic (exact) mass is 379 g/mol. The van der Waals surface area contributed by atoms with Crippen molar-refractivity contribution in [1.29, 1.82) is 0 Å². The van der Waals surface area contributed by atoms with Crippen molar-refractivity contribution in [3.8, 4) is 0 Å². The number of hydrogen-bond acceptors (Lipinski definition) is 4. The zero-order valence-corrected chi connectivity index (χ0v) is 16.2. The van der Waals surface area contributed by atoms with Crippen LogP contribution in [0.25, 0.3) is 10.8 Å². The van der Waals surface area contributed by atoms with Crippen LogP contribution in [0.4, 0.5) is 0 Å². The number of aryl methyl sites for hydroxylation is 1. The summed E-state index contributed by atoms with van der Waals surface area (Å²) in [7, 11) is 0. The van der Waals surface area contributed by atoms with E-state index in [0.717, 1.165) is 35.9 Å². The third kappa shape index (κ3) is 3.44. The molecule has 0 spiro atoms. The number of amides is 1. The van der Waals surface area contributed by atoms with Crippen molar-refractivity contribution in [3.05, 3.63) is 57.8 Å². The Bertz CT molecular complexity index is 1070. The summed E-state index contributed by atoms with van der Waals surface area (Å²) < 4.78 is 1.43. The lowest BCUT2D eigenvalue weighted by Gasteiger charge is -2.20. The van der Waals surface area contributed by atoms with E-state index in [9.17, 15) is 9.59 Å². The van der Waals surface area contributed by atoms with Crippen LogP contribution in [0.5, 0.6) is 0 Å². The Kier molecular flexibility index (Phi) is 4.98. The number of H-pyrrole nitrogens is 1. The van der Waals surface area contributed by atoms with E-state index in [1.165, 1.54) is 4.68 Å². The van der Waals surface area contributed by atoms with Gasteiger partial charge in [-0.25, -0.2) is 4.68 Å². The molecule has 0 radical (unpaired) electrons. The number of carbonyl (C=O) groups excluding carboxylic acids is 1. The molecule has 2 aromatic heterocycles. The van der Waals surface area contributed by atoms with E-state index < -0.39 is 0 Å². The molecule has 0 saturated heterocycles. The van der Waals surface area contributed by atoms with Gasteiger partial charge in [0, 0.05) is 22.7 Å². The molecule has 4 rings (SSSR count). The first kappa shape index (κ1) is 18.4. The number of fused-ring (bicyclic) bond motifs is 2. The van der Waals surface area contributed by atoms with E-state index in [2.05, 4.69) is 27.5 Å². The lowest BCUT2D eigenvalue weighted by atomic mass is 9.87. The van der Waals surface area contributed by atoms with Gasteiger partial charge in [0.05, 0.1) is 18.1 Å². The van der Waals surface area contributed by atoms with Crippen LogP contribution < -0.4 is 10.9 Å². The number of nitrogens with one attached hydrogen (secondary N) is 2. The fourth-order valence-electron chi connectivity index (χ4n) is 3.85. The quantitative estimate of drug-likeness (QED) is 0.712. The number of benzene rings is 1.